The highest BCUT2D eigenvalue weighted by molar-refractivity contribution is 7.22. The van der Waals surface area contributed by atoms with Crippen LogP contribution in [0.4, 0.5) is 9.52 Å². The summed E-state index contributed by atoms with van der Waals surface area (Å²) in [6.07, 6.45) is -0.723. The maximum atomic E-state index is 13.7. The molecule has 0 aliphatic heterocycles. The zero-order valence-corrected chi connectivity index (χ0v) is 15.9. The molecule has 4 nitrogen and oxygen atoms in total. The number of hydrogen-bond acceptors (Lipinski definition) is 4. The average Bonchev–Trinajstić information content (AvgIpc) is 3.13. The van der Waals surface area contributed by atoms with Crippen molar-refractivity contribution >= 4 is 32.6 Å². The smallest absolute Gasteiger partial charge is 0.266 e. The number of anilines is 1. The van der Waals surface area contributed by atoms with Crippen LogP contribution in [-0.2, 0) is 4.79 Å². The molecular formula is C22H17FN2O2S. The standard InChI is InChI=1S/C22H17FN2O2S/c1-14(21(26)25-22-24-20-18(23)8-5-9-19(20)28-22)27-17-12-10-16(11-13-17)15-6-3-2-4-7-15/h2-14H,1H3,(H,24,25,26). The second kappa shape index (κ2) is 7.78. The number of rotatable bonds is 5. The van der Waals surface area contributed by atoms with Gasteiger partial charge in [0.05, 0.1) is 4.70 Å². The second-order valence-electron chi connectivity index (χ2n) is 6.25. The summed E-state index contributed by atoms with van der Waals surface area (Å²) in [4.78, 5) is 16.5. The molecule has 0 saturated heterocycles. The Morgan fingerprint density at radius 3 is 2.43 bits per heavy atom. The zero-order chi connectivity index (χ0) is 19.5. The Kier molecular flexibility index (Phi) is 5.04. The van der Waals surface area contributed by atoms with Crippen LogP contribution in [0.3, 0.4) is 0 Å². The molecule has 140 valence electrons. The van der Waals surface area contributed by atoms with Gasteiger partial charge in [0.15, 0.2) is 11.2 Å². The van der Waals surface area contributed by atoms with Crippen molar-refractivity contribution in [2.75, 3.05) is 5.32 Å². The molecule has 0 fully saturated rings. The summed E-state index contributed by atoms with van der Waals surface area (Å²) in [5.41, 5.74) is 2.44. The number of carbonyl (C=O) groups is 1. The van der Waals surface area contributed by atoms with E-state index in [1.807, 2.05) is 54.6 Å². The van der Waals surface area contributed by atoms with Crippen molar-refractivity contribution in [3.63, 3.8) is 0 Å². The number of nitrogens with one attached hydrogen (secondary N) is 1. The molecular weight excluding hydrogens is 375 g/mol. The van der Waals surface area contributed by atoms with Crippen molar-refractivity contribution in [2.45, 2.75) is 13.0 Å². The fraction of sp³-hybridized carbons (Fsp3) is 0.0909. The van der Waals surface area contributed by atoms with E-state index in [9.17, 15) is 9.18 Å². The number of ether oxygens (including phenoxy) is 1. The lowest BCUT2D eigenvalue weighted by molar-refractivity contribution is -0.122. The fourth-order valence-corrected chi connectivity index (χ4v) is 3.67. The van der Waals surface area contributed by atoms with Gasteiger partial charge in [-0.15, -0.1) is 0 Å². The van der Waals surface area contributed by atoms with Gasteiger partial charge in [0.25, 0.3) is 5.91 Å². The highest BCUT2D eigenvalue weighted by Crippen LogP contribution is 2.28. The van der Waals surface area contributed by atoms with Crippen LogP contribution in [0.15, 0.2) is 72.8 Å². The summed E-state index contributed by atoms with van der Waals surface area (Å²) < 4.78 is 20.2. The second-order valence-corrected chi connectivity index (χ2v) is 7.28. The van der Waals surface area contributed by atoms with Crippen molar-refractivity contribution < 1.29 is 13.9 Å². The maximum absolute atomic E-state index is 13.7. The Morgan fingerprint density at radius 1 is 1.00 bits per heavy atom. The maximum Gasteiger partial charge on any atom is 0.266 e. The number of thiazole rings is 1. The number of amides is 1. The van der Waals surface area contributed by atoms with E-state index in [2.05, 4.69) is 10.3 Å². The van der Waals surface area contributed by atoms with Crippen LogP contribution in [0, 0.1) is 5.82 Å². The van der Waals surface area contributed by atoms with E-state index in [0.717, 1.165) is 11.1 Å². The molecule has 0 radical (unpaired) electrons. The molecule has 1 atom stereocenters. The topological polar surface area (TPSA) is 51.2 Å². The third kappa shape index (κ3) is 3.87. The minimum absolute atomic E-state index is 0.257. The lowest BCUT2D eigenvalue weighted by Crippen LogP contribution is -2.30. The van der Waals surface area contributed by atoms with E-state index < -0.39 is 11.9 Å². The molecule has 1 aromatic heterocycles. The molecule has 28 heavy (non-hydrogen) atoms. The molecule has 4 aromatic rings. The van der Waals surface area contributed by atoms with Crippen LogP contribution in [0.5, 0.6) is 5.75 Å². The molecule has 1 amide bonds. The summed E-state index contributed by atoms with van der Waals surface area (Å²) in [6.45, 7) is 1.66. The lowest BCUT2D eigenvalue weighted by atomic mass is 10.1. The number of nitrogens with zero attached hydrogens (tertiary/aromatic N) is 1. The van der Waals surface area contributed by atoms with Crippen LogP contribution in [-0.4, -0.2) is 17.0 Å². The first-order valence-electron chi connectivity index (χ1n) is 8.78. The van der Waals surface area contributed by atoms with Gasteiger partial charge in [-0.05, 0) is 42.3 Å². The van der Waals surface area contributed by atoms with Crippen LogP contribution >= 0.6 is 11.3 Å². The highest BCUT2D eigenvalue weighted by Gasteiger charge is 2.17. The van der Waals surface area contributed by atoms with Crippen LogP contribution < -0.4 is 10.1 Å². The number of hydrogen-bond donors (Lipinski definition) is 1. The van der Waals surface area contributed by atoms with E-state index in [1.165, 1.54) is 17.4 Å². The van der Waals surface area contributed by atoms with Gasteiger partial charge in [0.1, 0.15) is 17.1 Å². The number of benzene rings is 3. The Labute approximate surface area is 165 Å². The van der Waals surface area contributed by atoms with Crippen molar-refractivity contribution in [2.24, 2.45) is 0 Å². The van der Waals surface area contributed by atoms with Gasteiger partial charge in [-0.3, -0.25) is 10.1 Å². The van der Waals surface area contributed by atoms with Crippen molar-refractivity contribution in [3.8, 4) is 16.9 Å². The van der Waals surface area contributed by atoms with E-state index in [0.29, 0.717) is 15.6 Å². The molecule has 0 spiro atoms. The van der Waals surface area contributed by atoms with E-state index >= 15 is 0 Å². The summed E-state index contributed by atoms with van der Waals surface area (Å²) in [6, 6.07) is 22.3. The van der Waals surface area contributed by atoms with Crippen molar-refractivity contribution in [1.82, 2.24) is 4.98 Å². The highest BCUT2D eigenvalue weighted by atomic mass is 32.1. The summed E-state index contributed by atoms with van der Waals surface area (Å²) in [5, 5.41) is 3.04. The first-order chi connectivity index (χ1) is 13.6. The molecule has 3 aromatic carbocycles. The number of halogens is 1. The summed E-state index contributed by atoms with van der Waals surface area (Å²) in [5.74, 6) is -0.152. The van der Waals surface area contributed by atoms with Gasteiger partial charge in [0, 0.05) is 0 Å². The van der Waals surface area contributed by atoms with Crippen LogP contribution in [0.25, 0.3) is 21.3 Å². The van der Waals surface area contributed by atoms with Gasteiger partial charge < -0.3 is 4.74 Å². The molecule has 0 saturated carbocycles. The predicted molar refractivity (Wildman–Crippen MR) is 110 cm³/mol. The van der Waals surface area contributed by atoms with E-state index in [-0.39, 0.29) is 11.4 Å². The number of carbonyl (C=O) groups excluding carboxylic acids is 1. The monoisotopic (exact) mass is 392 g/mol. The van der Waals surface area contributed by atoms with Crippen LogP contribution in [0.1, 0.15) is 6.92 Å². The van der Waals surface area contributed by atoms with Crippen molar-refractivity contribution in [1.29, 1.82) is 0 Å². The molecule has 0 bridgehead atoms. The number of fused-ring (bicyclic) bond motifs is 1. The van der Waals surface area contributed by atoms with Crippen LogP contribution in [0.2, 0.25) is 0 Å². The molecule has 4 rings (SSSR count). The quantitative estimate of drug-likeness (QED) is 0.487. The van der Waals surface area contributed by atoms with E-state index in [4.69, 9.17) is 4.74 Å². The Balaban J connectivity index is 1.42. The number of para-hydroxylation sites is 1. The first kappa shape index (κ1) is 18.1. The summed E-state index contributed by atoms with van der Waals surface area (Å²) in [7, 11) is 0. The fourth-order valence-electron chi connectivity index (χ4n) is 2.79. The molecule has 0 aliphatic rings. The van der Waals surface area contributed by atoms with Crippen molar-refractivity contribution in [3.05, 3.63) is 78.6 Å². The number of aromatic nitrogens is 1. The van der Waals surface area contributed by atoms with E-state index in [1.54, 1.807) is 19.1 Å². The van der Waals surface area contributed by atoms with Gasteiger partial charge in [-0.25, -0.2) is 9.37 Å². The van der Waals surface area contributed by atoms with Gasteiger partial charge >= 0.3 is 0 Å². The minimum Gasteiger partial charge on any atom is -0.481 e. The molecule has 0 aliphatic carbocycles. The molecule has 1 N–H and O–H groups in total. The Bertz CT molecular complexity index is 1110. The van der Waals surface area contributed by atoms with Gasteiger partial charge in [-0.1, -0.05) is 59.9 Å². The average molecular weight is 392 g/mol. The normalized spacial score (nSPS) is 11.9. The minimum atomic E-state index is -0.723. The molecule has 1 heterocycles. The van der Waals surface area contributed by atoms with Gasteiger partial charge in [-0.2, -0.15) is 0 Å². The lowest BCUT2D eigenvalue weighted by Gasteiger charge is -2.14. The summed E-state index contributed by atoms with van der Waals surface area (Å²) >= 11 is 1.22. The Morgan fingerprint density at radius 2 is 1.71 bits per heavy atom. The predicted octanol–water partition coefficient (Wildman–Crippen LogP) is 5.51. The first-order valence-corrected chi connectivity index (χ1v) is 9.60. The molecule has 6 heteroatoms. The largest absolute Gasteiger partial charge is 0.481 e. The zero-order valence-electron chi connectivity index (χ0n) is 15.1. The SMILES string of the molecule is CC(Oc1ccc(-c2ccccc2)cc1)C(=O)Nc1nc2c(F)cccc2s1. The Hall–Kier alpha value is -3.25. The third-order valence-corrected chi connectivity index (χ3v) is 5.18. The van der Waals surface area contributed by atoms with Gasteiger partial charge in [0.2, 0.25) is 0 Å². The third-order valence-electron chi connectivity index (χ3n) is 4.24. The molecule has 1 unspecified atom stereocenters.